The van der Waals surface area contributed by atoms with Crippen LogP contribution in [0.4, 0.5) is 11.4 Å². The van der Waals surface area contributed by atoms with Gasteiger partial charge in [-0.05, 0) is 42.7 Å². The van der Waals surface area contributed by atoms with E-state index in [1.807, 2.05) is 0 Å². The third-order valence-corrected chi connectivity index (χ3v) is 4.33. The first-order chi connectivity index (χ1) is 9.23. The molecule has 20 heavy (non-hydrogen) atoms. The van der Waals surface area contributed by atoms with Crippen molar-refractivity contribution in [1.82, 2.24) is 0 Å². The number of anilines is 2. The van der Waals surface area contributed by atoms with Crippen molar-refractivity contribution in [3.8, 4) is 11.1 Å². The lowest BCUT2D eigenvalue weighted by Gasteiger charge is -2.17. The highest BCUT2D eigenvalue weighted by atomic mass is 32.2. The summed E-state index contributed by atoms with van der Waals surface area (Å²) in [7, 11) is -4.34. The van der Waals surface area contributed by atoms with Crippen LogP contribution in [0.1, 0.15) is 11.1 Å². The van der Waals surface area contributed by atoms with Crippen LogP contribution < -0.4 is 11.5 Å². The quantitative estimate of drug-likeness (QED) is 0.582. The van der Waals surface area contributed by atoms with Crippen molar-refractivity contribution in [2.45, 2.75) is 18.7 Å². The number of nitrogens with two attached hydrogens (primary N) is 2. The number of rotatable bonds is 2. The Labute approximate surface area is 118 Å². The topological polar surface area (TPSA) is 106 Å². The van der Waals surface area contributed by atoms with Gasteiger partial charge in [-0.2, -0.15) is 8.42 Å². The molecule has 0 amide bonds. The van der Waals surface area contributed by atoms with Gasteiger partial charge in [0.2, 0.25) is 0 Å². The first-order valence-electron chi connectivity index (χ1n) is 5.95. The first-order valence-corrected chi connectivity index (χ1v) is 7.39. The molecule has 0 aliphatic rings. The molecule has 2 aromatic rings. The molecule has 0 unspecified atom stereocenters. The van der Waals surface area contributed by atoms with Gasteiger partial charge in [0.05, 0.1) is 4.90 Å². The van der Waals surface area contributed by atoms with E-state index >= 15 is 0 Å². The summed E-state index contributed by atoms with van der Waals surface area (Å²) in [6.45, 7) is 3.41. The highest BCUT2D eigenvalue weighted by molar-refractivity contribution is 7.85. The van der Waals surface area contributed by atoms with E-state index in [1.54, 1.807) is 38.1 Å². The molecule has 6 heteroatoms. The molecule has 0 fully saturated rings. The number of hydrogen-bond acceptors (Lipinski definition) is 4. The number of benzene rings is 2. The molecule has 0 radical (unpaired) electrons. The minimum absolute atomic E-state index is 0.196. The summed E-state index contributed by atoms with van der Waals surface area (Å²) in [6.07, 6.45) is 0. The molecule has 2 rings (SSSR count). The average molecular weight is 292 g/mol. The summed E-state index contributed by atoms with van der Waals surface area (Å²) in [4.78, 5) is -0.196. The Bertz CT molecular complexity index is 783. The normalized spacial score (nSPS) is 11.6. The number of para-hydroxylation sites is 1. The lowest BCUT2D eigenvalue weighted by atomic mass is 9.93. The van der Waals surface area contributed by atoms with Crippen molar-refractivity contribution in [2.24, 2.45) is 0 Å². The summed E-state index contributed by atoms with van der Waals surface area (Å²) in [5.41, 5.74) is 15.1. The standard InChI is InChI=1S/C14H16N2O3S/c1-8-12(16)7-13(20(17,18)19)9(2)14(8)10-5-3-4-6-11(10)15/h3-7H,15-16H2,1-2H3,(H,17,18,19). The molecule has 5 N–H and O–H groups in total. The van der Waals surface area contributed by atoms with Gasteiger partial charge in [-0.15, -0.1) is 0 Å². The van der Waals surface area contributed by atoms with E-state index in [-0.39, 0.29) is 4.90 Å². The first kappa shape index (κ1) is 14.4. The van der Waals surface area contributed by atoms with Crippen molar-refractivity contribution >= 4 is 21.5 Å². The molecule has 0 saturated carbocycles. The summed E-state index contributed by atoms with van der Waals surface area (Å²) >= 11 is 0. The lowest BCUT2D eigenvalue weighted by molar-refractivity contribution is 0.482. The van der Waals surface area contributed by atoms with Crippen LogP contribution in [0.25, 0.3) is 11.1 Å². The van der Waals surface area contributed by atoms with Gasteiger partial charge < -0.3 is 11.5 Å². The average Bonchev–Trinajstić information content (AvgIpc) is 2.35. The third kappa shape index (κ3) is 2.35. The van der Waals surface area contributed by atoms with E-state index in [2.05, 4.69) is 0 Å². The van der Waals surface area contributed by atoms with Crippen molar-refractivity contribution in [2.75, 3.05) is 11.5 Å². The fourth-order valence-corrected chi connectivity index (χ4v) is 3.07. The SMILES string of the molecule is Cc1c(N)cc(S(=O)(=O)O)c(C)c1-c1ccccc1N. The molecule has 0 aliphatic carbocycles. The molecule has 5 nitrogen and oxygen atoms in total. The Morgan fingerprint density at radius 2 is 1.60 bits per heavy atom. The van der Waals surface area contributed by atoms with Crippen LogP contribution in [0.5, 0.6) is 0 Å². The van der Waals surface area contributed by atoms with Gasteiger partial charge in [0.1, 0.15) is 0 Å². The van der Waals surface area contributed by atoms with E-state index < -0.39 is 10.1 Å². The zero-order chi connectivity index (χ0) is 15.1. The van der Waals surface area contributed by atoms with Gasteiger partial charge >= 0.3 is 0 Å². The van der Waals surface area contributed by atoms with Gasteiger partial charge in [-0.1, -0.05) is 18.2 Å². The lowest BCUT2D eigenvalue weighted by Crippen LogP contribution is -2.06. The maximum absolute atomic E-state index is 11.5. The summed E-state index contributed by atoms with van der Waals surface area (Å²) in [5, 5.41) is 0. The molecule has 0 spiro atoms. The second kappa shape index (κ2) is 4.81. The Morgan fingerprint density at radius 1 is 1.00 bits per heavy atom. The van der Waals surface area contributed by atoms with E-state index in [0.717, 1.165) is 5.56 Å². The Balaban J connectivity index is 2.90. The highest BCUT2D eigenvalue weighted by Gasteiger charge is 2.21. The van der Waals surface area contributed by atoms with Crippen LogP contribution >= 0.6 is 0 Å². The molecular weight excluding hydrogens is 276 g/mol. The van der Waals surface area contributed by atoms with Gasteiger partial charge in [-0.3, -0.25) is 4.55 Å². The fraction of sp³-hybridized carbons (Fsp3) is 0.143. The molecule has 0 heterocycles. The van der Waals surface area contributed by atoms with E-state index in [9.17, 15) is 13.0 Å². The van der Waals surface area contributed by atoms with Gasteiger partial charge in [0, 0.05) is 16.9 Å². The minimum atomic E-state index is -4.34. The van der Waals surface area contributed by atoms with Crippen molar-refractivity contribution in [3.63, 3.8) is 0 Å². The fourth-order valence-electron chi connectivity index (χ4n) is 2.30. The maximum Gasteiger partial charge on any atom is 0.294 e. The van der Waals surface area contributed by atoms with Crippen LogP contribution in [-0.4, -0.2) is 13.0 Å². The van der Waals surface area contributed by atoms with Crippen LogP contribution in [-0.2, 0) is 10.1 Å². The minimum Gasteiger partial charge on any atom is -0.398 e. The van der Waals surface area contributed by atoms with Gasteiger partial charge in [0.15, 0.2) is 0 Å². The van der Waals surface area contributed by atoms with Crippen LogP contribution in [0, 0.1) is 13.8 Å². The van der Waals surface area contributed by atoms with Crippen LogP contribution in [0.2, 0.25) is 0 Å². The molecule has 0 bridgehead atoms. The zero-order valence-electron chi connectivity index (χ0n) is 11.2. The van der Waals surface area contributed by atoms with Crippen molar-refractivity contribution in [1.29, 1.82) is 0 Å². The molecule has 0 aromatic heterocycles. The molecular formula is C14H16N2O3S. The zero-order valence-corrected chi connectivity index (χ0v) is 12.0. The Kier molecular flexibility index (Phi) is 3.45. The number of nitrogen functional groups attached to an aromatic ring is 2. The van der Waals surface area contributed by atoms with Crippen LogP contribution in [0.3, 0.4) is 0 Å². The predicted molar refractivity (Wildman–Crippen MR) is 80.0 cm³/mol. The monoisotopic (exact) mass is 292 g/mol. The third-order valence-electron chi connectivity index (χ3n) is 3.35. The molecule has 0 saturated heterocycles. The number of hydrogen-bond donors (Lipinski definition) is 3. The van der Waals surface area contributed by atoms with E-state index in [4.69, 9.17) is 11.5 Å². The summed E-state index contributed by atoms with van der Waals surface area (Å²) in [6, 6.07) is 8.38. The van der Waals surface area contributed by atoms with Crippen LogP contribution in [0.15, 0.2) is 35.2 Å². The van der Waals surface area contributed by atoms with Crippen molar-refractivity contribution in [3.05, 3.63) is 41.5 Å². The molecule has 0 atom stereocenters. The van der Waals surface area contributed by atoms with E-state index in [0.29, 0.717) is 28.1 Å². The predicted octanol–water partition coefficient (Wildman–Crippen LogP) is 2.38. The van der Waals surface area contributed by atoms with Gasteiger partial charge in [-0.25, -0.2) is 0 Å². The second-order valence-corrected chi connectivity index (χ2v) is 6.04. The molecule has 2 aromatic carbocycles. The smallest absolute Gasteiger partial charge is 0.294 e. The van der Waals surface area contributed by atoms with Crippen molar-refractivity contribution < 1.29 is 13.0 Å². The van der Waals surface area contributed by atoms with Gasteiger partial charge in [0.25, 0.3) is 10.1 Å². The summed E-state index contributed by atoms with van der Waals surface area (Å²) in [5.74, 6) is 0. The Hall–Kier alpha value is -2.05. The summed E-state index contributed by atoms with van der Waals surface area (Å²) < 4.78 is 32.2. The van der Waals surface area contributed by atoms with E-state index in [1.165, 1.54) is 6.07 Å². The molecule has 106 valence electrons. The highest BCUT2D eigenvalue weighted by Crippen LogP contribution is 2.37. The molecule has 0 aliphatic heterocycles. The Morgan fingerprint density at radius 3 is 2.15 bits per heavy atom. The second-order valence-electron chi connectivity index (χ2n) is 4.65. The largest absolute Gasteiger partial charge is 0.398 e. The maximum atomic E-state index is 11.5.